The molecule has 4 heteroatoms. The van der Waals surface area contributed by atoms with Gasteiger partial charge < -0.3 is 10.6 Å². The fraction of sp³-hybridized carbons (Fsp3) is 0.812. The van der Waals surface area contributed by atoms with Crippen molar-refractivity contribution in [3.05, 3.63) is 12.2 Å². The van der Waals surface area contributed by atoms with Crippen molar-refractivity contribution in [2.75, 3.05) is 26.7 Å². The third-order valence-corrected chi connectivity index (χ3v) is 5.26. The molecule has 2 N–H and O–H groups in total. The van der Waals surface area contributed by atoms with Crippen LogP contribution < -0.4 is 10.6 Å². The summed E-state index contributed by atoms with van der Waals surface area (Å²) in [6.07, 6.45) is 11.3. The minimum absolute atomic E-state index is 0.131. The number of likely N-dealkylation sites (tertiary alicyclic amines) is 1. The van der Waals surface area contributed by atoms with Crippen LogP contribution in [0.15, 0.2) is 12.2 Å². The molecule has 0 aromatic heterocycles. The highest BCUT2D eigenvalue weighted by molar-refractivity contribution is 5.77. The van der Waals surface area contributed by atoms with E-state index in [0.29, 0.717) is 18.6 Å². The van der Waals surface area contributed by atoms with Crippen molar-refractivity contribution in [2.24, 2.45) is 11.8 Å². The van der Waals surface area contributed by atoms with E-state index in [-0.39, 0.29) is 5.91 Å². The molecule has 3 aliphatic carbocycles. The van der Waals surface area contributed by atoms with Crippen LogP contribution in [0, 0.1) is 11.8 Å². The molecular weight excluding hydrogens is 250 g/mol. The van der Waals surface area contributed by atoms with Crippen molar-refractivity contribution < 1.29 is 4.79 Å². The van der Waals surface area contributed by atoms with Gasteiger partial charge in [0.25, 0.3) is 0 Å². The topological polar surface area (TPSA) is 44.4 Å². The van der Waals surface area contributed by atoms with Gasteiger partial charge in [0.2, 0.25) is 5.91 Å². The number of nitrogens with one attached hydrogen (secondary N) is 2. The first kappa shape index (κ1) is 14.1. The van der Waals surface area contributed by atoms with Crippen LogP contribution in [0.3, 0.4) is 0 Å². The molecule has 1 aliphatic heterocycles. The first-order chi connectivity index (χ1) is 9.74. The molecule has 0 radical (unpaired) electrons. The van der Waals surface area contributed by atoms with Gasteiger partial charge in [0.15, 0.2) is 0 Å². The molecule has 1 unspecified atom stereocenters. The quantitative estimate of drug-likeness (QED) is 0.758. The number of hydrogen-bond donors (Lipinski definition) is 2. The number of fused-ring (bicyclic) bond motifs is 2. The minimum Gasteiger partial charge on any atom is -0.358 e. The number of piperidine rings is 1. The molecule has 112 valence electrons. The van der Waals surface area contributed by atoms with Gasteiger partial charge >= 0.3 is 0 Å². The molecule has 1 heterocycles. The third-order valence-electron chi connectivity index (χ3n) is 5.26. The molecule has 2 fully saturated rings. The Morgan fingerprint density at radius 3 is 2.55 bits per heavy atom. The zero-order chi connectivity index (χ0) is 13.9. The number of rotatable bonds is 4. The number of carbonyl (C=O) groups is 1. The summed E-state index contributed by atoms with van der Waals surface area (Å²) >= 11 is 0. The van der Waals surface area contributed by atoms with Crippen LogP contribution in [0.5, 0.6) is 0 Å². The first-order valence-corrected chi connectivity index (χ1v) is 8.12. The lowest BCUT2D eigenvalue weighted by molar-refractivity contribution is -0.122. The Labute approximate surface area is 122 Å². The lowest BCUT2D eigenvalue weighted by Crippen LogP contribution is -2.51. The van der Waals surface area contributed by atoms with E-state index in [2.05, 4.69) is 27.7 Å². The average molecular weight is 277 g/mol. The SMILES string of the molecule is CNC(=O)CN1CCC(NC2C[C@H]3C=C[C@@H]2CC3)CC1. The highest BCUT2D eigenvalue weighted by Crippen LogP contribution is 2.36. The van der Waals surface area contributed by atoms with Gasteiger partial charge in [0.1, 0.15) is 0 Å². The normalized spacial score (nSPS) is 34.4. The number of carbonyl (C=O) groups excluding carboxylic acids is 1. The monoisotopic (exact) mass is 277 g/mol. The summed E-state index contributed by atoms with van der Waals surface area (Å²) in [6.45, 7) is 2.64. The summed E-state index contributed by atoms with van der Waals surface area (Å²) in [6, 6.07) is 1.35. The molecule has 1 saturated carbocycles. The Balaban J connectivity index is 1.43. The number of likely N-dealkylation sites (N-methyl/N-ethyl adjacent to an activating group) is 1. The van der Waals surface area contributed by atoms with Crippen LogP contribution in [0.25, 0.3) is 0 Å². The predicted molar refractivity (Wildman–Crippen MR) is 80.4 cm³/mol. The Kier molecular flexibility index (Phi) is 4.41. The Bertz CT molecular complexity index is 374. The molecule has 3 atom stereocenters. The Hall–Kier alpha value is -0.870. The van der Waals surface area contributed by atoms with E-state index in [1.54, 1.807) is 7.05 Å². The second-order valence-corrected chi connectivity index (χ2v) is 6.62. The molecule has 4 aliphatic rings. The second kappa shape index (κ2) is 6.27. The molecule has 0 spiro atoms. The molecular formula is C16H27N3O. The van der Waals surface area contributed by atoms with Crippen molar-refractivity contribution >= 4 is 5.91 Å². The molecule has 1 amide bonds. The van der Waals surface area contributed by atoms with Crippen molar-refractivity contribution in [3.63, 3.8) is 0 Å². The molecule has 2 bridgehead atoms. The van der Waals surface area contributed by atoms with E-state index in [0.717, 1.165) is 24.9 Å². The summed E-state index contributed by atoms with van der Waals surface area (Å²) in [5.74, 6) is 1.72. The Morgan fingerprint density at radius 1 is 1.20 bits per heavy atom. The molecule has 0 aromatic carbocycles. The predicted octanol–water partition coefficient (Wildman–Crippen LogP) is 1.14. The zero-order valence-corrected chi connectivity index (χ0v) is 12.5. The maximum Gasteiger partial charge on any atom is 0.233 e. The number of allylic oxidation sites excluding steroid dienone is 1. The second-order valence-electron chi connectivity index (χ2n) is 6.62. The van der Waals surface area contributed by atoms with Crippen LogP contribution in [0.4, 0.5) is 0 Å². The fourth-order valence-corrected chi connectivity index (χ4v) is 3.97. The summed E-state index contributed by atoms with van der Waals surface area (Å²) in [7, 11) is 1.71. The van der Waals surface area contributed by atoms with Gasteiger partial charge in [-0.1, -0.05) is 12.2 Å². The standard InChI is InChI=1S/C16H27N3O/c1-17-16(20)11-19-8-6-14(7-9-19)18-15-10-12-2-4-13(15)5-3-12/h2,4,12-15,18H,3,5-11H2,1H3,(H,17,20)/t12-,13+,15?/m0/s1. The fourth-order valence-electron chi connectivity index (χ4n) is 3.97. The van der Waals surface area contributed by atoms with Gasteiger partial charge in [-0.05, 0) is 43.9 Å². The van der Waals surface area contributed by atoms with E-state index < -0.39 is 0 Å². The first-order valence-electron chi connectivity index (χ1n) is 8.12. The van der Waals surface area contributed by atoms with Gasteiger partial charge in [-0.15, -0.1) is 0 Å². The molecule has 4 nitrogen and oxygen atoms in total. The van der Waals surface area contributed by atoms with Crippen molar-refractivity contribution in [1.82, 2.24) is 15.5 Å². The Morgan fingerprint density at radius 2 is 2.00 bits per heavy atom. The van der Waals surface area contributed by atoms with Crippen molar-refractivity contribution in [1.29, 1.82) is 0 Å². The van der Waals surface area contributed by atoms with Gasteiger partial charge in [-0.3, -0.25) is 9.69 Å². The maximum atomic E-state index is 11.4. The highest BCUT2D eigenvalue weighted by Gasteiger charge is 2.33. The van der Waals surface area contributed by atoms with Crippen LogP contribution in [0.1, 0.15) is 32.1 Å². The van der Waals surface area contributed by atoms with E-state index >= 15 is 0 Å². The van der Waals surface area contributed by atoms with Gasteiger partial charge in [-0.25, -0.2) is 0 Å². The molecule has 0 aromatic rings. The van der Waals surface area contributed by atoms with Crippen LogP contribution in [-0.2, 0) is 4.79 Å². The van der Waals surface area contributed by atoms with Gasteiger partial charge in [0, 0.05) is 32.2 Å². The number of nitrogens with zero attached hydrogens (tertiary/aromatic N) is 1. The minimum atomic E-state index is 0.131. The lowest BCUT2D eigenvalue weighted by atomic mass is 9.72. The molecule has 4 rings (SSSR count). The van der Waals surface area contributed by atoms with Gasteiger partial charge in [-0.2, -0.15) is 0 Å². The van der Waals surface area contributed by atoms with Gasteiger partial charge in [0.05, 0.1) is 6.54 Å². The molecule has 1 saturated heterocycles. The van der Waals surface area contributed by atoms with Crippen molar-refractivity contribution in [2.45, 2.75) is 44.2 Å². The van der Waals surface area contributed by atoms with E-state index in [4.69, 9.17) is 0 Å². The summed E-state index contributed by atoms with van der Waals surface area (Å²) in [4.78, 5) is 13.7. The molecule has 20 heavy (non-hydrogen) atoms. The lowest BCUT2D eigenvalue weighted by Gasteiger charge is -2.42. The summed E-state index contributed by atoms with van der Waals surface area (Å²) < 4.78 is 0. The maximum absolute atomic E-state index is 11.4. The van der Waals surface area contributed by atoms with E-state index in [9.17, 15) is 4.79 Å². The van der Waals surface area contributed by atoms with Crippen LogP contribution in [-0.4, -0.2) is 49.6 Å². The summed E-state index contributed by atoms with van der Waals surface area (Å²) in [5, 5.41) is 6.60. The van der Waals surface area contributed by atoms with Crippen LogP contribution >= 0.6 is 0 Å². The third kappa shape index (κ3) is 3.23. The van der Waals surface area contributed by atoms with E-state index in [1.165, 1.54) is 32.1 Å². The average Bonchev–Trinajstić information content (AvgIpc) is 2.50. The highest BCUT2D eigenvalue weighted by atomic mass is 16.1. The zero-order valence-electron chi connectivity index (χ0n) is 12.5. The summed E-state index contributed by atoms with van der Waals surface area (Å²) in [5.41, 5.74) is 0. The number of hydrogen-bond acceptors (Lipinski definition) is 3. The van der Waals surface area contributed by atoms with Crippen LogP contribution in [0.2, 0.25) is 0 Å². The van der Waals surface area contributed by atoms with E-state index in [1.807, 2.05) is 0 Å². The van der Waals surface area contributed by atoms with Crippen molar-refractivity contribution in [3.8, 4) is 0 Å². The number of amides is 1. The largest absolute Gasteiger partial charge is 0.358 e. The smallest absolute Gasteiger partial charge is 0.233 e.